The molecule has 5 heterocycles. The zero-order valence-corrected chi connectivity index (χ0v) is 21.4. The summed E-state index contributed by atoms with van der Waals surface area (Å²) in [5.41, 5.74) is 6.98. The van der Waals surface area contributed by atoms with Crippen LogP contribution in [0.4, 0.5) is 22.0 Å². The lowest BCUT2D eigenvalue weighted by Crippen LogP contribution is -2.48. The average Bonchev–Trinajstić information content (AvgIpc) is 3.64. The van der Waals surface area contributed by atoms with E-state index in [9.17, 15) is 9.18 Å². The Labute approximate surface area is 223 Å². The van der Waals surface area contributed by atoms with Gasteiger partial charge in [-0.1, -0.05) is 0 Å². The molecule has 0 saturated carbocycles. The van der Waals surface area contributed by atoms with E-state index >= 15 is 0 Å². The topological polar surface area (TPSA) is 146 Å². The molecule has 2 saturated heterocycles. The van der Waals surface area contributed by atoms with Crippen LogP contribution in [0.1, 0.15) is 10.4 Å². The highest BCUT2D eigenvalue weighted by molar-refractivity contribution is 5.94. The SMILES string of the molecule is Nc1nc(NCCN2CCN(c3ccc(C(=O)N4CCNCC4)cc3F)CC2)nc2nc(-c3ccco3)nn12. The molecule has 204 valence electrons. The molecule has 1 amide bonds. The monoisotopic (exact) mass is 535 g/mol. The Morgan fingerprint density at radius 2 is 1.90 bits per heavy atom. The van der Waals surface area contributed by atoms with Gasteiger partial charge in [-0.05, 0) is 30.3 Å². The van der Waals surface area contributed by atoms with Crippen LogP contribution in [-0.2, 0) is 0 Å². The van der Waals surface area contributed by atoms with Gasteiger partial charge in [0.1, 0.15) is 5.82 Å². The summed E-state index contributed by atoms with van der Waals surface area (Å²) < 4.78 is 21.7. The van der Waals surface area contributed by atoms with Crippen molar-refractivity contribution in [1.82, 2.24) is 39.7 Å². The molecule has 2 fully saturated rings. The first-order valence-electron chi connectivity index (χ1n) is 13.0. The molecule has 0 aliphatic carbocycles. The molecule has 2 aliphatic heterocycles. The van der Waals surface area contributed by atoms with Crippen molar-refractivity contribution in [3.05, 3.63) is 48.0 Å². The van der Waals surface area contributed by atoms with Gasteiger partial charge in [0.05, 0.1) is 12.0 Å². The molecular formula is C25H30FN11O2. The maximum absolute atomic E-state index is 15.0. The van der Waals surface area contributed by atoms with Crippen LogP contribution in [-0.4, -0.2) is 106 Å². The molecule has 0 atom stereocenters. The number of aromatic nitrogens is 5. The number of furan rings is 1. The van der Waals surface area contributed by atoms with Crippen molar-refractivity contribution in [1.29, 1.82) is 0 Å². The van der Waals surface area contributed by atoms with E-state index in [1.54, 1.807) is 35.4 Å². The number of nitrogens with zero attached hydrogens (tertiary/aromatic N) is 8. The third-order valence-corrected chi connectivity index (χ3v) is 7.00. The average molecular weight is 536 g/mol. The Hall–Kier alpha value is -4.30. The predicted octanol–water partition coefficient (Wildman–Crippen LogP) is 0.780. The van der Waals surface area contributed by atoms with E-state index in [0.717, 1.165) is 32.7 Å². The number of anilines is 3. The summed E-state index contributed by atoms with van der Waals surface area (Å²) in [5.74, 6) is 1.29. The fourth-order valence-electron chi connectivity index (χ4n) is 4.88. The number of nitrogens with two attached hydrogens (primary N) is 1. The molecule has 0 radical (unpaired) electrons. The number of rotatable bonds is 7. The number of benzene rings is 1. The zero-order valence-electron chi connectivity index (χ0n) is 21.4. The number of amides is 1. The summed E-state index contributed by atoms with van der Waals surface area (Å²) in [4.78, 5) is 31.8. The third-order valence-electron chi connectivity index (χ3n) is 7.00. The van der Waals surface area contributed by atoms with E-state index in [4.69, 9.17) is 10.2 Å². The number of hydrogen-bond acceptors (Lipinski definition) is 11. The predicted molar refractivity (Wildman–Crippen MR) is 143 cm³/mol. The Morgan fingerprint density at radius 1 is 1.08 bits per heavy atom. The van der Waals surface area contributed by atoms with Gasteiger partial charge in [-0.15, -0.1) is 5.10 Å². The lowest BCUT2D eigenvalue weighted by atomic mass is 10.1. The molecule has 1 aromatic carbocycles. The fraction of sp³-hybridized carbons (Fsp3) is 0.400. The second kappa shape index (κ2) is 10.8. The normalized spacial score (nSPS) is 16.6. The van der Waals surface area contributed by atoms with Crippen molar-refractivity contribution in [2.24, 2.45) is 0 Å². The number of carbonyl (C=O) groups excluding carboxylic acids is 1. The first-order valence-corrected chi connectivity index (χ1v) is 13.0. The summed E-state index contributed by atoms with van der Waals surface area (Å²) in [5, 5.41) is 10.7. The van der Waals surface area contributed by atoms with Gasteiger partial charge in [-0.3, -0.25) is 9.69 Å². The van der Waals surface area contributed by atoms with Crippen LogP contribution in [0.3, 0.4) is 0 Å². The lowest BCUT2D eigenvalue weighted by Gasteiger charge is -2.36. The van der Waals surface area contributed by atoms with E-state index in [1.165, 1.54) is 10.6 Å². The quantitative estimate of drug-likeness (QED) is 0.309. The highest BCUT2D eigenvalue weighted by Gasteiger charge is 2.23. The number of hydrogen-bond donors (Lipinski definition) is 3. The van der Waals surface area contributed by atoms with Crippen LogP contribution in [0.15, 0.2) is 41.0 Å². The van der Waals surface area contributed by atoms with E-state index < -0.39 is 0 Å². The van der Waals surface area contributed by atoms with Crippen molar-refractivity contribution >= 4 is 29.3 Å². The highest BCUT2D eigenvalue weighted by atomic mass is 19.1. The van der Waals surface area contributed by atoms with Gasteiger partial charge in [-0.2, -0.15) is 19.5 Å². The summed E-state index contributed by atoms with van der Waals surface area (Å²) in [7, 11) is 0. The van der Waals surface area contributed by atoms with Crippen LogP contribution in [0.2, 0.25) is 0 Å². The van der Waals surface area contributed by atoms with Crippen LogP contribution < -0.4 is 21.3 Å². The molecule has 0 unspecified atom stereocenters. The molecule has 4 aromatic rings. The van der Waals surface area contributed by atoms with Crippen LogP contribution in [0.5, 0.6) is 0 Å². The van der Waals surface area contributed by atoms with E-state index in [-0.39, 0.29) is 17.7 Å². The van der Waals surface area contributed by atoms with Crippen molar-refractivity contribution in [2.75, 3.05) is 81.4 Å². The smallest absolute Gasteiger partial charge is 0.259 e. The fourth-order valence-corrected chi connectivity index (χ4v) is 4.88. The Bertz CT molecular complexity index is 1440. The molecular weight excluding hydrogens is 505 g/mol. The number of fused-ring (bicyclic) bond motifs is 1. The van der Waals surface area contributed by atoms with E-state index in [2.05, 4.69) is 35.6 Å². The zero-order chi connectivity index (χ0) is 26.8. The van der Waals surface area contributed by atoms with Gasteiger partial charge in [-0.25, -0.2) is 4.39 Å². The highest BCUT2D eigenvalue weighted by Crippen LogP contribution is 2.23. The first kappa shape index (κ1) is 25.0. The number of halogens is 1. The minimum Gasteiger partial charge on any atom is -0.461 e. The van der Waals surface area contributed by atoms with E-state index in [1.807, 2.05) is 4.90 Å². The first-order chi connectivity index (χ1) is 19.0. The molecule has 0 bridgehead atoms. The van der Waals surface area contributed by atoms with Gasteiger partial charge < -0.3 is 30.6 Å². The molecule has 3 aromatic heterocycles. The number of nitrogen functional groups attached to an aromatic ring is 1. The maximum atomic E-state index is 15.0. The third kappa shape index (κ3) is 5.33. The number of piperazine rings is 2. The van der Waals surface area contributed by atoms with Crippen molar-refractivity contribution in [2.45, 2.75) is 0 Å². The summed E-state index contributed by atoms with van der Waals surface area (Å²) in [6.07, 6.45) is 1.55. The standard InChI is InChI=1S/C25H30FN11O2/c26-18-16-17(22(38)36-9-5-28-6-10-36)3-4-19(18)35-13-11-34(12-14-35)8-7-29-24-31-23(27)37-25(32-24)30-21(33-37)20-2-1-15-39-20/h1-4,15-16,28H,5-14H2,(H3,27,29,30,31,32,33). The lowest BCUT2D eigenvalue weighted by molar-refractivity contribution is 0.0735. The van der Waals surface area contributed by atoms with Gasteiger partial charge >= 0.3 is 0 Å². The van der Waals surface area contributed by atoms with Crippen LogP contribution in [0, 0.1) is 5.82 Å². The van der Waals surface area contributed by atoms with Crippen molar-refractivity contribution in [3.8, 4) is 11.6 Å². The minimum atomic E-state index is -0.361. The van der Waals surface area contributed by atoms with Gasteiger partial charge in [0.15, 0.2) is 5.76 Å². The second-order valence-corrected chi connectivity index (χ2v) is 9.49. The molecule has 14 heteroatoms. The molecule has 4 N–H and O–H groups in total. The molecule has 13 nitrogen and oxygen atoms in total. The Balaban J connectivity index is 1.01. The summed E-state index contributed by atoms with van der Waals surface area (Å²) in [6, 6.07) is 8.34. The second-order valence-electron chi connectivity index (χ2n) is 9.49. The molecule has 2 aliphatic rings. The van der Waals surface area contributed by atoms with Crippen molar-refractivity contribution in [3.63, 3.8) is 0 Å². The molecule has 0 spiro atoms. The van der Waals surface area contributed by atoms with E-state index in [0.29, 0.717) is 67.3 Å². The number of nitrogens with one attached hydrogen (secondary N) is 2. The Morgan fingerprint density at radius 3 is 2.64 bits per heavy atom. The van der Waals surface area contributed by atoms with Crippen LogP contribution in [0.25, 0.3) is 17.4 Å². The molecule has 39 heavy (non-hydrogen) atoms. The number of carbonyl (C=O) groups is 1. The maximum Gasteiger partial charge on any atom is 0.259 e. The van der Waals surface area contributed by atoms with Gasteiger partial charge in [0, 0.05) is 71.0 Å². The van der Waals surface area contributed by atoms with Gasteiger partial charge in [0.25, 0.3) is 11.7 Å². The van der Waals surface area contributed by atoms with Crippen LogP contribution >= 0.6 is 0 Å². The van der Waals surface area contributed by atoms with Crippen molar-refractivity contribution < 1.29 is 13.6 Å². The minimum absolute atomic E-state index is 0.119. The van der Waals surface area contributed by atoms with Gasteiger partial charge in [0.2, 0.25) is 17.7 Å². The largest absolute Gasteiger partial charge is 0.461 e. The summed E-state index contributed by atoms with van der Waals surface area (Å²) >= 11 is 0. The molecule has 6 rings (SSSR count). The summed E-state index contributed by atoms with van der Waals surface area (Å²) in [6.45, 7) is 7.09. The Kier molecular flexibility index (Phi) is 6.94.